The lowest BCUT2D eigenvalue weighted by atomic mass is 9.95. The summed E-state index contributed by atoms with van der Waals surface area (Å²) in [5.41, 5.74) is 0.731. The standard InChI is InChI=1S/C21H24N2O5/c1-22(2)10-6-11-23-18(14-7-4-8-15(13-14)27-3)17(20(25)21(23)26)19(24)16-9-5-12-28-16/h4-5,7-9,12-13,18,25H,6,10-11H2,1-3H3/p+1/t18-/m1/s1. The van der Waals surface area contributed by atoms with E-state index in [9.17, 15) is 14.7 Å². The van der Waals surface area contributed by atoms with E-state index >= 15 is 0 Å². The minimum absolute atomic E-state index is 0.0328. The molecule has 0 radical (unpaired) electrons. The highest BCUT2D eigenvalue weighted by Crippen LogP contribution is 2.39. The highest BCUT2D eigenvalue weighted by atomic mass is 16.5. The van der Waals surface area contributed by atoms with E-state index in [2.05, 4.69) is 0 Å². The lowest BCUT2D eigenvalue weighted by Gasteiger charge is -2.27. The van der Waals surface area contributed by atoms with Crippen LogP contribution in [0.3, 0.4) is 0 Å². The van der Waals surface area contributed by atoms with Gasteiger partial charge in [-0.15, -0.1) is 0 Å². The third kappa shape index (κ3) is 3.80. The number of ketones is 1. The van der Waals surface area contributed by atoms with Crippen molar-refractivity contribution in [1.82, 2.24) is 4.90 Å². The van der Waals surface area contributed by atoms with Crippen molar-refractivity contribution in [3.05, 3.63) is 65.3 Å². The first-order chi connectivity index (χ1) is 13.4. The Hall–Kier alpha value is -3.06. The monoisotopic (exact) mass is 385 g/mol. The van der Waals surface area contributed by atoms with Crippen molar-refractivity contribution < 1.29 is 28.7 Å². The zero-order valence-corrected chi connectivity index (χ0v) is 16.3. The molecular weight excluding hydrogens is 360 g/mol. The molecule has 0 fully saturated rings. The van der Waals surface area contributed by atoms with Crippen molar-refractivity contribution >= 4 is 11.7 Å². The van der Waals surface area contributed by atoms with E-state index in [1.54, 1.807) is 36.3 Å². The number of aliphatic hydroxyl groups excluding tert-OH is 1. The molecule has 0 bridgehead atoms. The van der Waals surface area contributed by atoms with Crippen LogP contribution >= 0.6 is 0 Å². The van der Waals surface area contributed by atoms with Gasteiger partial charge in [0.1, 0.15) is 5.75 Å². The Morgan fingerprint density at radius 1 is 1.29 bits per heavy atom. The van der Waals surface area contributed by atoms with E-state index in [-0.39, 0.29) is 11.3 Å². The maximum atomic E-state index is 13.0. The number of quaternary nitrogens is 1. The highest BCUT2D eigenvalue weighted by molar-refractivity contribution is 6.15. The molecule has 7 nitrogen and oxygen atoms in total. The molecule has 0 unspecified atom stereocenters. The maximum Gasteiger partial charge on any atom is 0.290 e. The lowest BCUT2D eigenvalue weighted by molar-refractivity contribution is -0.858. The van der Waals surface area contributed by atoms with Crippen molar-refractivity contribution in [3.63, 3.8) is 0 Å². The Kier molecular flexibility index (Phi) is 5.84. The van der Waals surface area contributed by atoms with Crippen LogP contribution in [0.4, 0.5) is 0 Å². The molecule has 0 saturated heterocycles. The van der Waals surface area contributed by atoms with Crippen LogP contribution in [0, 0.1) is 0 Å². The summed E-state index contributed by atoms with van der Waals surface area (Å²) in [6, 6.07) is 9.60. The van der Waals surface area contributed by atoms with Gasteiger partial charge in [0.2, 0.25) is 5.78 Å². The molecule has 1 aliphatic rings. The Labute approximate surface area is 163 Å². The number of benzene rings is 1. The summed E-state index contributed by atoms with van der Waals surface area (Å²) in [5, 5.41) is 10.6. The quantitative estimate of drug-likeness (QED) is 0.671. The van der Waals surface area contributed by atoms with Crippen LogP contribution < -0.4 is 9.64 Å². The third-order valence-electron chi connectivity index (χ3n) is 4.78. The number of hydrogen-bond acceptors (Lipinski definition) is 5. The Morgan fingerprint density at radius 3 is 2.71 bits per heavy atom. The van der Waals surface area contributed by atoms with E-state index in [0.717, 1.165) is 13.0 Å². The van der Waals surface area contributed by atoms with Crippen LogP contribution in [0.1, 0.15) is 28.6 Å². The van der Waals surface area contributed by atoms with Crippen molar-refractivity contribution in [2.45, 2.75) is 12.5 Å². The SMILES string of the molecule is COc1cccc([C@@H]2C(C(=O)c3ccco3)=C(O)C(=O)N2CCC[NH+](C)C)c1. The number of nitrogens with zero attached hydrogens (tertiary/aromatic N) is 1. The molecule has 28 heavy (non-hydrogen) atoms. The molecule has 0 saturated carbocycles. The number of rotatable bonds is 8. The van der Waals surface area contributed by atoms with Gasteiger partial charge in [0.15, 0.2) is 11.5 Å². The molecular formula is C21H25N2O5+. The van der Waals surface area contributed by atoms with Gasteiger partial charge < -0.3 is 24.1 Å². The number of aliphatic hydroxyl groups is 1. The zero-order chi connectivity index (χ0) is 20.3. The number of ether oxygens (including phenoxy) is 1. The summed E-state index contributed by atoms with van der Waals surface area (Å²) in [4.78, 5) is 28.6. The number of carbonyl (C=O) groups excluding carboxylic acids is 2. The van der Waals surface area contributed by atoms with E-state index in [4.69, 9.17) is 9.15 Å². The van der Waals surface area contributed by atoms with Gasteiger partial charge in [0.05, 0.1) is 45.6 Å². The minimum Gasteiger partial charge on any atom is -0.503 e. The maximum absolute atomic E-state index is 13.0. The van der Waals surface area contributed by atoms with Gasteiger partial charge in [-0.1, -0.05) is 12.1 Å². The molecule has 1 atom stereocenters. The Balaban J connectivity index is 2.02. The van der Waals surface area contributed by atoms with Crippen molar-refractivity contribution in [1.29, 1.82) is 0 Å². The number of nitrogens with one attached hydrogen (secondary N) is 1. The van der Waals surface area contributed by atoms with Crippen LogP contribution in [-0.4, -0.2) is 56.0 Å². The van der Waals surface area contributed by atoms with E-state index in [1.807, 2.05) is 20.2 Å². The van der Waals surface area contributed by atoms with Gasteiger partial charge in [-0.05, 0) is 29.8 Å². The fourth-order valence-electron chi connectivity index (χ4n) is 3.42. The molecule has 0 aliphatic carbocycles. The van der Waals surface area contributed by atoms with Crippen LogP contribution in [0.2, 0.25) is 0 Å². The number of carbonyl (C=O) groups is 2. The summed E-state index contributed by atoms with van der Waals surface area (Å²) in [6.45, 7) is 1.28. The predicted octanol–water partition coefficient (Wildman–Crippen LogP) is 1.40. The van der Waals surface area contributed by atoms with Gasteiger partial charge in [-0.2, -0.15) is 0 Å². The number of furan rings is 1. The Bertz CT molecular complexity index is 886. The molecule has 2 heterocycles. The van der Waals surface area contributed by atoms with Crippen LogP contribution in [0.25, 0.3) is 0 Å². The number of hydrogen-bond donors (Lipinski definition) is 2. The topological polar surface area (TPSA) is 84.4 Å². The normalized spacial score (nSPS) is 16.9. The Morgan fingerprint density at radius 2 is 2.07 bits per heavy atom. The molecule has 2 aromatic rings. The first kappa shape index (κ1) is 19.7. The smallest absolute Gasteiger partial charge is 0.290 e. The second kappa shape index (κ2) is 8.31. The van der Waals surface area contributed by atoms with Gasteiger partial charge in [-0.3, -0.25) is 9.59 Å². The molecule has 1 aromatic carbocycles. The lowest BCUT2D eigenvalue weighted by Crippen LogP contribution is -3.05. The summed E-state index contributed by atoms with van der Waals surface area (Å²) >= 11 is 0. The number of methoxy groups -OCH3 is 1. The van der Waals surface area contributed by atoms with Crippen molar-refractivity contribution in [2.24, 2.45) is 0 Å². The van der Waals surface area contributed by atoms with Gasteiger partial charge in [0, 0.05) is 13.0 Å². The van der Waals surface area contributed by atoms with E-state index in [0.29, 0.717) is 17.9 Å². The van der Waals surface area contributed by atoms with Gasteiger partial charge >= 0.3 is 0 Å². The fourth-order valence-corrected chi connectivity index (χ4v) is 3.42. The summed E-state index contributed by atoms with van der Waals surface area (Å²) < 4.78 is 10.5. The molecule has 148 valence electrons. The fraction of sp³-hybridized carbons (Fsp3) is 0.333. The average Bonchev–Trinajstić information content (AvgIpc) is 3.30. The number of Topliss-reactive ketones (excluding diaryl/α,β-unsaturated/α-hetero) is 1. The molecule has 1 aromatic heterocycles. The second-order valence-corrected chi connectivity index (χ2v) is 7.06. The molecule has 0 spiro atoms. The number of amides is 1. The van der Waals surface area contributed by atoms with Crippen molar-refractivity contribution in [2.75, 3.05) is 34.3 Å². The third-order valence-corrected chi connectivity index (χ3v) is 4.78. The van der Waals surface area contributed by atoms with Crippen LogP contribution in [-0.2, 0) is 4.79 Å². The molecule has 1 amide bonds. The first-order valence-electron chi connectivity index (χ1n) is 9.19. The largest absolute Gasteiger partial charge is 0.503 e. The minimum atomic E-state index is -0.697. The first-order valence-corrected chi connectivity index (χ1v) is 9.19. The molecule has 3 rings (SSSR count). The second-order valence-electron chi connectivity index (χ2n) is 7.06. The zero-order valence-electron chi connectivity index (χ0n) is 16.3. The average molecular weight is 385 g/mol. The predicted molar refractivity (Wildman–Crippen MR) is 102 cm³/mol. The van der Waals surface area contributed by atoms with Crippen LogP contribution in [0.5, 0.6) is 5.75 Å². The van der Waals surface area contributed by atoms with E-state index in [1.165, 1.54) is 17.2 Å². The summed E-state index contributed by atoms with van der Waals surface area (Å²) in [5.74, 6) is -0.868. The molecule has 7 heteroatoms. The van der Waals surface area contributed by atoms with Gasteiger partial charge in [-0.25, -0.2) is 0 Å². The summed E-state index contributed by atoms with van der Waals surface area (Å²) in [7, 11) is 5.62. The van der Waals surface area contributed by atoms with Crippen molar-refractivity contribution in [3.8, 4) is 5.75 Å². The van der Waals surface area contributed by atoms with Gasteiger partial charge in [0.25, 0.3) is 5.91 Å². The highest BCUT2D eigenvalue weighted by Gasteiger charge is 2.44. The molecule has 1 aliphatic heterocycles. The van der Waals surface area contributed by atoms with Crippen LogP contribution in [0.15, 0.2) is 58.4 Å². The van der Waals surface area contributed by atoms with E-state index < -0.39 is 23.5 Å². The molecule has 2 N–H and O–H groups in total. The summed E-state index contributed by atoms with van der Waals surface area (Å²) in [6.07, 6.45) is 2.13.